The standard InChI is InChI=1S/C19H23NO5/c1-4-12-5-6-17-14(9-12)15(11-25-17)18(21)20-8-7-13(23-2)10-16(20)19(22)24-3/h5-6,9,11,13,16H,4,7-8,10H2,1-3H3. The molecule has 1 saturated heterocycles. The van der Waals surface area contributed by atoms with Gasteiger partial charge in [0.2, 0.25) is 0 Å². The zero-order valence-corrected chi connectivity index (χ0v) is 14.8. The second-order valence-corrected chi connectivity index (χ2v) is 6.25. The Morgan fingerprint density at radius 3 is 2.80 bits per heavy atom. The van der Waals surface area contributed by atoms with Crippen molar-refractivity contribution in [2.45, 2.75) is 38.3 Å². The van der Waals surface area contributed by atoms with Gasteiger partial charge in [-0.05, 0) is 30.5 Å². The Morgan fingerprint density at radius 2 is 2.12 bits per heavy atom. The molecule has 3 rings (SSSR count). The summed E-state index contributed by atoms with van der Waals surface area (Å²) < 4.78 is 15.8. The maximum atomic E-state index is 13.1. The van der Waals surface area contributed by atoms with Crippen molar-refractivity contribution in [2.24, 2.45) is 0 Å². The van der Waals surface area contributed by atoms with E-state index >= 15 is 0 Å². The minimum Gasteiger partial charge on any atom is -0.467 e. The molecule has 1 aliphatic heterocycles. The van der Waals surface area contributed by atoms with Crippen molar-refractivity contribution in [2.75, 3.05) is 20.8 Å². The lowest BCUT2D eigenvalue weighted by Gasteiger charge is -2.37. The van der Waals surface area contributed by atoms with E-state index in [1.54, 1.807) is 12.0 Å². The van der Waals surface area contributed by atoms with Crippen LogP contribution in [0.25, 0.3) is 11.0 Å². The molecule has 0 radical (unpaired) electrons. The van der Waals surface area contributed by atoms with E-state index in [0.29, 0.717) is 30.5 Å². The molecule has 2 atom stereocenters. The number of furan rings is 1. The fourth-order valence-corrected chi connectivity index (χ4v) is 3.37. The van der Waals surface area contributed by atoms with Crippen LogP contribution in [0.15, 0.2) is 28.9 Å². The lowest BCUT2D eigenvalue weighted by atomic mass is 9.97. The van der Waals surface area contributed by atoms with Crippen molar-refractivity contribution in [1.82, 2.24) is 4.90 Å². The first-order valence-electron chi connectivity index (χ1n) is 8.50. The number of amides is 1. The number of fused-ring (bicyclic) bond motifs is 1. The van der Waals surface area contributed by atoms with Gasteiger partial charge >= 0.3 is 5.97 Å². The molecule has 0 bridgehead atoms. The van der Waals surface area contributed by atoms with Gasteiger partial charge in [0.25, 0.3) is 5.91 Å². The number of esters is 1. The van der Waals surface area contributed by atoms with E-state index in [2.05, 4.69) is 6.92 Å². The molecule has 1 amide bonds. The Kier molecular flexibility index (Phi) is 5.08. The van der Waals surface area contributed by atoms with Gasteiger partial charge in [-0.1, -0.05) is 13.0 Å². The summed E-state index contributed by atoms with van der Waals surface area (Å²) in [7, 11) is 2.95. The highest BCUT2D eigenvalue weighted by Gasteiger charge is 2.38. The second-order valence-electron chi connectivity index (χ2n) is 6.25. The van der Waals surface area contributed by atoms with Crippen LogP contribution in [-0.2, 0) is 20.7 Å². The Labute approximate surface area is 146 Å². The molecule has 1 aliphatic rings. The fraction of sp³-hybridized carbons (Fsp3) is 0.474. The van der Waals surface area contributed by atoms with Crippen molar-refractivity contribution in [3.05, 3.63) is 35.6 Å². The summed E-state index contributed by atoms with van der Waals surface area (Å²) >= 11 is 0. The van der Waals surface area contributed by atoms with E-state index in [9.17, 15) is 9.59 Å². The normalized spacial score (nSPS) is 20.7. The first kappa shape index (κ1) is 17.5. The third-order valence-electron chi connectivity index (χ3n) is 4.90. The molecule has 2 unspecified atom stereocenters. The Bertz CT molecular complexity index is 781. The van der Waals surface area contributed by atoms with Gasteiger partial charge in [0, 0.05) is 25.5 Å². The third kappa shape index (κ3) is 3.26. The average molecular weight is 345 g/mol. The maximum absolute atomic E-state index is 13.1. The summed E-state index contributed by atoms with van der Waals surface area (Å²) in [4.78, 5) is 26.9. The highest BCUT2D eigenvalue weighted by Crippen LogP contribution is 2.28. The number of methoxy groups -OCH3 is 2. The number of hydrogen-bond donors (Lipinski definition) is 0. The summed E-state index contributed by atoms with van der Waals surface area (Å²) in [5.74, 6) is -0.630. The molecule has 1 aromatic heterocycles. The molecule has 2 aromatic rings. The highest BCUT2D eigenvalue weighted by atomic mass is 16.5. The number of likely N-dealkylation sites (tertiary alicyclic amines) is 1. The van der Waals surface area contributed by atoms with Crippen LogP contribution in [0.5, 0.6) is 0 Å². The van der Waals surface area contributed by atoms with Gasteiger partial charge in [0.15, 0.2) is 0 Å². The van der Waals surface area contributed by atoms with Crippen LogP contribution in [-0.4, -0.2) is 49.7 Å². The van der Waals surface area contributed by atoms with E-state index in [1.165, 1.54) is 13.4 Å². The summed E-state index contributed by atoms with van der Waals surface area (Å²) in [5.41, 5.74) is 2.28. The fourth-order valence-electron chi connectivity index (χ4n) is 3.37. The predicted octanol–water partition coefficient (Wildman–Crippen LogP) is 2.79. The molecule has 2 heterocycles. The molecule has 6 heteroatoms. The summed E-state index contributed by atoms with van der Waals surface area (Å²) in [5, 5.41) is 0.779. The van der Waals surface area contributed by atoms with Crippen molar-refractivity contribution in [3.63, 3.8) is 0 Å². The highest BCUT2D eigenvalue weighted by molar-refractivity contribution is 6.07. The van der Waals surface area contributed by atoms with Gasteiger partial charge in [-0.25, -0.2) is 4.79 Å². The summed E-state index contributed by atoms with van der Waals surface area (Å²) in [6.07, 6.45) is 3.42. The molecule has 0 aliphatic carbocycles. The molecule has 25 heavy (non-hydrogen) atoms. The van der Waals surface area contributed by atoms with E-state index < -0.39 is 12.0 Å². The van der Waals surface area contributed by atoms with Gasteiger partial charge in [-0.15, -0.1) is 0 Å². The summed E-state index contributed by atoms with van der Waals surface area (Å²) in [6, 6.07) is 5.19. The van der Waals surface area contributed by atoms with Crippen LogP contribution in [0.2, 0.25) is 0 Å². The monoisotopic (exact) mass is 345 g/mol. The molecule has 1 fully saturated rings. The number of ether oxygens (including phenoxy) is 2. The number of benzene rings is 1. The van der Waals surface area contributed by atoms with E-state index in [0.717, 1.165) is 17.4 Å². The molecule has 1 aromatic carbocycles. The first-order valence-corrected chi connectivity index (χ1v) is 8.50. The predicted molar refractivity (Wildman–Crippen MR) is 92.5 cm³/mol. The lowest BCUT2D eigenvalue weighted by Crippen LogP contribution is -2.52. The van der Waals surface area contributed by atoms with Crippen molar-refractivity contribution in [3.8, 4) is 0 Å². The van der Waals surface area contributed by atoms with Gasteiger partial charge in [-0.3, -0.25) is 4.79 Å². The van der Waals surface area contributed by atoms with Gasteiger partial charge in [0.05, 0.1) is 18.8 Å². The minimum atomic E-state index is -0.643. The van der Waals surface area contributed by atoms with E-state index in [4.69, 9.17) is 13.9 Å². The van der Waals surface area contributed by atoms with Gasteiger partial charge < -0.3 is 18.8 Å². The van der Waals surface area contributed by atoms with Gasteiger partial charge in [-0.2, -0.15) is 0 Å². The molecule has 0 spiro atoms. The van der Waals surface area contributed by atoms with Crippen LogP contribution in [0.4, 0.5) is 0 Å². The lowest BCUT2D eigenvalue weighted by molar-refractivity contribution is -0.149. The zero-order chi connectivity index (χ0) is 18.0. The zero-order valence-electron chi connectivity index (χ0n) is 14.8. The average Bonchev–Trinajstić information content (AvgIpc) is 3.09. The van der Waals surface area contributed by atoms with Crippen molar-refractivity contribution >= 4 is 22.8 Å². The Morgan fingerprint density at radius 1 is 1.32 bits per heavy atom. The maximum Gasteiger partial charge on any atom is 0.328 e. The minimum absolute atomic E-state index is 0.0547. The van der Waals surface area contributed by atoms with Crippen LogP contribution < -0.4 is 0 Å². The number of nitrogens with zero attached hydrogens (tertiary/aromatic N) is 1. The largest absolute Gasteiger partial charge is 0.467 e. The van der Waals surface area contributed by atoms with Gasteiger partial charge in [0.1, 0.15) is 17.9 Å². The van der Waals surface area contributed by atoms with Crippen LogP contribution in [0.3, 0.4) is 0 Å². The van der Waals surface area contributed by atoms with E-state index in [-0.39, 0.29) is 12.0 Å². The molecule has 6 nitrogen and oxygen atoms in total. The number of carbonyl (C=O) groups is 2. The van der Waals surface area contributed by atoms with Crippen molar-refractivity contribution in [1.29, 1.82) is 0 Å². The number of carbonyl (C=O) groups excluding carboxylic acids is 2. The number of piperidine rings is 1. The Hall–Kier alpha value is -2.34. The SMILES string of the molecule is CCc1ccc2occ(C(=O)N3CCC(OC)CC3C(=O)OC)c2c1. The second kappa shape index (κ2) is 7.27. The molecular formula is C19H23NO5. The molecular weight excluding hydrogens is 322 g/mol. The third-order valence-corrected chi connectivity index (χ3v) is 4.90. The quantitative estimate of drug-likeness (QED) is 0.797. The number of aryl methyl sites for hydroxylation is 1. The smallest absolute Gasteiger partial charge is 0.328 e. The Balaban J connectivity index is 1.94. The van der Waals surface area contributed by atoms with E-state index in [1.807, 2.05) is 18.2 Å². The van der Waals surface area contributed by atoms with Crippen LogP contribution in [0, 0.1) is 0 Å². The molecule has 134 valence electrons. The first-order chi connectivity index (χ1) is 12.1. The number of hydrogen-bond acceptors (Lipinski definition) is 5. The molecule has 0 N–H and O–H groups in total. The van der Waals surface area contributed by atoms with Crippen molar-refractivity contribution < 1.29 is 23.5 Å². The topological polar surface area (TPSA) is 69.0 Å². The molecule has 0 saturated carbocycles. The summed E-state index contributed by atoms with van der Waals surface area (Å²) in [6.45, 7) is 2.50. The van der Waals surface area contributed by atoms with Crippen LogP contribution in [0.1, 0.15) is 35.7 Å². The van der Waals surface area contributed by atoms with Crippen LogP contribution >= 0.6 is 0 Å². The number of rotatable bonds is 4.